The van der Waals surface area contributed by atoms with Crippen LogP contribution in [-0.4, -0.2) is 41.4 Å². The van der Waals surface area contributed by atoms with E-state index in [1.165, 1.54) is 38.2 Å². The molecule has 0 radical (unpaired) electrons. The summed E-state index contributed by atoms with van der Waals surface area (Å²) in [5.74, 6) is 1.31. The molecule has 1 heterocycles. The topological polar surface area (TPSA) is 3.24 Å². The van der Waals surface area contributed by atoms with E-state index in [4.69, 9.17) is 0 Å². The van der Waals surface area contributed by atoms with Crippen LogP contribution < -0.4 is 0 Å². The quantitative estimate of drug-likeness (QED) is 0.545. The molecule has 0 spiro atoms. The third kappa shape index (κ3) is 3.81. The average molecular weight is 238 g/mol. The van der Waals surface area contributed by atoms with Gasteiger partial charge >= 0.3 is 0 Å². The minimum atomic E-state index is 0.761. The second-order valence-corrected chi connectivity index (χ2v) is 5.31. The van der Waals surface area contributed by atoms with Gasteiger partial charge in [-0.3, -0.25) is 0 Å². The number of rotatable bonds is 4. The molecule has 11 heavy (non-hydrogen) atoms. The van der Waals surface area contributed by atoms with E-state index in [2.05, 4.69) is 27.1 Å². The molecule has 0 saturated carbocycles. The smallest absolute Gasteiger partial charge is 0.0285 e. The van der Waals surface area contributed by atoms with Crippen molar-refractivity contribution in [3.63, 3.8) is 0 Å². The van der Waals surface area contributed by atoms with Crippen LogP contribution in [0.2, 0.25) is 0 Å². The lowest BCUT2D eigenvalue weighted by Gasteiger charge is -2.13. The molecule has 0 N–H and O–H groups in total. The number of alkyl halides is 1. The molecule has 1 rings (SSSR count). The van der Waals surface area contributed by atoms with Crippen molar-refractivity contribution in [1.29, 1.82) is 0 Å². The van der Waals surface area contributed by atoms with Crippen molar-refractivity contribution in [3.05, 3.63) is 0 Å². The molecule has 3 heteroatoms. The second kappa shape index (κ2) is 5.44. The van der Waals surface area contributed by atoms with E-state index < -0.39 is 0 Å². The van der Waals surface area contributed by atoms with Crippen LogP contribution in [0.1, 0.15) is 12.8 Å². The molecule has 1 atom stereocenters. The Bertz CT molecular complexity index is 110. The molecule has 1 nitrogen and oxygen atoms in total. The number of thioether (sulfide) groups is 1. The van der Waals surface area contributed by atoms with Gasteiger partial charge in [0.05, 0.1) is 0 Å². The largest absolute Gasteiger partial charge is 0.302 e. The average Bonchev–Trinajstić information content (AvgIpc) is 2.37. The van der Waals surface area contributed by atoms with Crippen LogP contribution in [0, 0.1) is 0 Å². The van der Waals surface area contributed by atoms with Gasteiger partial charge in [-0.2, -0.15) is 11.8 Å². The van der Waals surface area contributed by atoms with Gasteiger partial charge in [0.25, 0.3) is 0 Å². The van der Waals surface area contributed by atoms with E-state index in [9.17, 15) is 0 Å². The minimum absolute atomic E-state index is 0.761. The van der Waals surface area contributed by atoms with E-state index in [1.807, 2.05) is 11.8 Å². The number of hydrogen-bond donors (Lipinski definition) is 0. The number of hydrogen-bond acceptors (Lipinski definition) is 2. The van der Waals surface area contributed by atoms with Gasteiger partial charge in [-0.15, -0.1) is 0 Å². The highest BCUT2D eigenvalue weighted by Gasteiger charge is 2.18. The van der Waals surface area contributed by atoms with Crippen LogP contribution in [0.5, 0.6) is 0 Å². The van der Waals surface area contributed by atoms with Gasteiger partial charge in [0.15, 0.2) is 0 Å². The summed E-state index contributed by atoms with van der Waals surface area (Å²) >= 11 is 5.59. The highest BCUT2D eigenvalue weighted by Crippen LogP contribution is 2.16. The SMILES string of the molecule is CSCCCN1CCC(Br)C1. The normalized spacial score (nSPS) is 26.2. The maximum Gasteiger partial charge on any atom is 0.0285 e. The van der Waals surface area contributed by atoms with Crippen molar-refractivity contribution in [2.24, 2.45) is 0 Å². The molecule has 0 aliphatic carbocycles. The third-order valence-electron chi connectivity index (χ3n) is 2.04. The molecule has 1 unspecified atom stereocenters. The summed E-state index contributed by atoms with van der Waals surface area (Å²) in [5.41, 5.74) is 0. The fourth-order valence-electron chi connectivity index (χ4n) is 1.42. The number of halogens is 1. The van der Waals surface area contributed by atoms with Crippen molar-refractivity contribution in [3.8, 4) is 0 Å². The zero-order valence-corrected chi connectivity index (χ0v) is 9.46. The number of likely N-dealkylation sites (tertiary alicyclic amines) is 1. The predicted octanol–water partition coefficient (Wildman–Crippen LogP) is 2.21. The fourth-order valence-corrected chi connectivity index (χ4v) is 2.45. The molecule has 66 valence electrons. The minimum Gasteiger partial charge on any atom is -0.302 e. The Kier molecular flexibility index (Phi) is 4.88. The Morgan fingerprint density at radius 1 is 1.64 bits per heavy atom. The van der Waals surface area contributed by atoms with E-state index in [-0.39, 0.29) is 0 Å². The second-order valence-electron chi connectivity index (χ2n) is 3.03. The van der Waals surface area contributed by atoms with Gasteiger partial charge < -0.3 is 4.90 Å². The molecular formula is C8H16BrNS. The van der Waals surface area contributed by atoms with Gasteiger partial charge in [0, 0.05) is 11.4 Å². The standard InChI is InChI=1S/C8H16BrNS/c1-11-6-2-4-10-5-3-8(9)7-10/h8H,2-7H2,1H3. The van der Waals surface area contributed by atoms with Crippen LogP contribution >= 0.6 is 27.7 Å². The summed E-state index contributed by atoms with van der Waals surface area (Å²) in [6.07, 6.45) is 4.86. The van der Waals surface area contributed by atoms with Crippen LogP contribution in [0.4, 0.5) is 0 Å². The maximum atomic E-state index is 3.64. The monoisotopic (exact) mass is 237 g/mol. The van der Waals surface area contributed by atoms with Crippen LogP contribution in [0.25, 0.3) is 0 Å². The summed E-state index contributed by atoms with van der Waals surface area (Å²) in [4.78, 5) is 3.31. The summed E-state index contributed by atoms with van der Waals surface area (Å²) in [5, 5.41) is 0. The Morgan fingerprint density at radius 2 is 2.45 bits per heavy atom. The summed E-state index contributed by atoms with van der Waals surface area (Å²) in [6.45, 7) is 3.85. The van der Waals surface area contributed by atoms with E-state index >= 15 is 0 Å². The van der Waals surface area contributed by atoms with Crippen molar-refractivity contribution in [2.75, 3.05) is 31.6 Å². The van der Waals surface area contributed by atoms with Gasteiger partial charge in [-0.05, 0) is 37.9 Å². The zero-order chi connectivity index (χ0) is 8.10. The van der Waals surface area contributed by atoms with Gasteiger partial charge in [0.1, 0.15) is 0 Å². The first-order valence-electron chi connectivity index (χ1n) is 4.18. The molecule has 1 aliphatic heterocycles. The molecule has 0 aromatic heterocycles. The van der Waals surface area contributed by atoms with E-state index in [0.29, 0.717) is 0 Å². The first-order chi connectivity index (χ1) is 5.33. The van der Waals surface area contributed by atoms with Crippen LogP contribution in [-0.2, 0) is 0 Å². The molecule has 0 aromatic carbocycles. The van der Waals surface area contributed by atoms with Crippen molar-refractivity contribution < 1.29 is 0 Å². The van der Waals surface area contributed by atoms with E-state index in [0.717, 1.165) is 4.83 Å². The van der Waals surface area contributed by atoms with Crippen molar-refractivity contribution in [2.45, 2.75) is 17.7 Å². The lowest BCUT2D eigenvalue weighted by Crippen LogP contribution is -2.22. The lowest BCUT2D eigenvalue weighted by atomic mass is 10.4. The summed E-state index contributed by atoms with van der Waals surface area (Å²) < 4.78 is 0. The predicted molar refractivity (Wildman–Crippen MR) is 56.8 cm³/mol. The van der Waals surface area contributed by atoms with E-state index in [1.54, 1.807) is 0 Å². The molecule has 0 amide bonds. The zero-order valence-electron chi connectivity index (χ0n) is 7.05. The molecule has 1 fully saturated rings. The Morgan fingerprint density at radius 3 is 3.00 bits per heavy atom. The van der Waals surface area contributed by atoms with Gasteiger partial charge in [-0.25, -0.2) is 0 Å². The first-order valence-corrected chi connectivity index (χ1v) is 6.49. The van der Waals surface area contributed by atoms with Gasteiger partial charge in [-0.1, -0.05) is 15.9 Å². The van der Waals surface area contributed by atoms with Gasteiger partial charge in [0.2, 0.25) is 0 Å². The molecule has 0 bridgehead atoms. The summed E-state index contributed by atoms with van der Waals surface area (Å²) in [6, 6.07) is 0. The van der Waals surface area contributed by atoms with Crippen LogP contribution in [0.15, 0.2) is 0 Å². The highest BCUT2D eigenvalue weighted by molar-refractivity contribution is 9.09. The molecular weight excluding hydrogens is 222 g/mol. The maximum absolute atomic E-state index is 3.64. The Hall–Kier alpha value is 0.790. The summed E-state index contributed by atoms with van der Waals surface area (Å²) in [7, 11) is 0. The fraction of sp³-hybridized carbons (Fsp3) is 1.00. The first kappa shape index (κ1) is 9.87. The molecule has 0 aromatic rings. The molecule has 1 saturated heterocycles. The van der Waals surface area contributed by atoms with Crippen LogP contribution in [0.3, 0.4) is 0 Å². The number of nitrogens with zero attached hydrogens (tertiary/aromatic N) is 1. The molecule has 1 aliphatic rings. The Balaban J connectivity index is 1.99. The lowest BCUT2D eigenvalue weighted by molar-refractivity contribution is 0.342. The highest BCUT2D eigenvalue weighted by atomic mass is 79.9. The third-order valence-corrected chi connectivity index (χ3v) is 3.48. The van der Waals surface area contributed by atoms with Crippen molar-refractivity contribution in [1.82, 2.24) is 4.90 Å². The Labute approximate surface area is 82.0 Å². The van der Waals surface area contributed by atoms with Crippen molar-refractivity contribution >= 4 is 27.7 Å².